The maximum Gasteiger partial charge on any atom is 0.0186 e. The molecule has 0 radical (unpaired) electrons. The summed E-state index contributed by atoms with van der Waals surface area (Å²) in [6, 6.07) is 0.594. The number of nitrogens with two attached hydrogens (primary N) is 2. The fourth-order valence-electron chi connectivity index (χ4n) is 0.311. The molecule has 0 aromatic heterocycles. The normalized spacial score (nSPS) is 14.0. The summed E-state index contributed by atoms with van der Waals surface area (Å²) in [5.74, 6) is 2.02. The van der Waals surface area contributed by atoms with Crippen LogP contribution in [0.15, 0.2) is 0 Å². The highest BCUT2D eigenvalue weighted by molar-refractivity contribution is 8.76. The van der Waals surface area contributed by atoms with Gasteiger partial charge in [-0.1, -0.05) is 21.6 Å². The van der Waals surface area contributed by atoms with Gasteiger partial charge in [0.1, 0.15) is 0 Å². The average molecular weight is 253 g/mol. The van der Waals surface area contributed by atoms with Crippen molar-refractivity contribution in [1.29, 1.82) is 0 Å². The minimum atomic E-state index is 0. The maximum atomic E-state index is 5.54. The number of hydrogen-bond acceptors (Lipinski definition) is 4. The van der Waals surface area contributed by atoms with Crippen LogP contribution in [-0.2, 0) is 0 Å². The Kier molecular flexibility index (Phi) is 19.2. The van der Waals surface area contributed by atoms with Gasteiger partial charge in [-0.15, -0.1) is 24.8 Å². The zero-order chi connectivity index (χ0) is 7.98. The van der Waals surface area contributed by atoms with E-state index in [2.05, 4.69) is 0 Å². The van der Waals surface area contributed by atoms with Crippen LogP contribution < -0.4 is 11.5 Å². The van der Waals surface area contributed by atoms with E-state index in [0.717, 1.165) is 11.5 Å². The van der Waals surface area contributed by atoms with Crippen LogP contribution in [0.25, 0.3) is 0 Å². The molecule has 2 atom stereocenters. The SMILES string of the molecule is CC(N)CSSCC(C)N.Cl.Cl. The lowest BCUT2D eigenvalue weighted by molar-refractivity contribution is 0.846. The number of rotatable bonds is 5. The Morgan fingerprint density at radius 2 is 1.17 bits per heavy atom. The Balaban J connectivity index is -0.000000405. The van der Waals surface area contributed by atoms with Crippen LogP contribution in [0, 0.1) is 0 Å². The third-order valence-corrected chi connectivity index (χ3v) is 3.55. The number of hydrogen-bond donors (Lipinski definition) is 2. The lowest BCUT2D eigenvalue weighted by atomic mass is 10.4. The second-order valence-corrected chi connectivity index (χ2v) is 5.08. The average Bonchev–Trinajstić information content (AvgIpc) is 1.79. The van der Waals surface area contributed by atoms with E-state index in [9.17, 15) is 0 Å². The van der Waals surface area contributed by atoms with Crippen molar-refractivity contribution in [3.8, 4) is 0 Å². The molecule has 0 aromatic rings. The predicted octanol–water partition coefficient (Wildman–Crippen LogP) is 1.91. The molecule has 4 N–H and O–H groups in total. The minimum absolute atomic E-state index is 0. The first-order chi connectivity index (χ1) is 4.63. The van der Waals surface area contributed by atoms with Crippen molar-refractivity contribution < 1.29 is 0 Å². The van der Waals surface area contributed by atoms with Crippen molar-refractivity contribution >= 4 is 46.4 Å². The molecule has 0 saturated heterocycles. The maximum absolute atomic E-state index is 5.54. The van der Waals surface area contributed by atoms with Crippen LogP contribution in [0.5, 0.6) is 0 Å². The highest BCUT2D eigenvalue weighted by Crippen LogP contribution is 2.21. The molecule has 2 nitrogen and oxygen atoms in total. The van der Waals surface area contributed by atoms with Gasteiger partial charge < -0.3 is 11.5 Å². The van der Waals surface area contributed by atoms with E-state index in [1.165, 1.54) is 0 Å². The zero-order valence-electron chi connectivity index (χ0n) is 7.36. The number of halogens is 2. The van der Waals surface area contributed by atoms with E-state index in [1.807, 2.05) is 13.8 Å². The molecular weight excluding hydrogens is 235 g/mol. The molecule has 0 saturated carbocycles. The van der Waals surface area contributed by atoms with Crippen molar-refractivity contribution in [2.75, 3.05) is 11.5 Å². The van der Waals surface area contributed by atoms with Gasteiger partial charge in [0, 0.05) is 23.6 Å². The largest absolute Gasteiger partial charge is 0.327 e. The van der Waals surface area contributed by atoms with E-state index in [0.29, 0.717) is 12.1 Å². The first kappa shape index (κ1) is 18.9. The molecule has 78 valence electrons. The van der Waals surface area contributed by atoms with Gasteiger partial charge in [0.2, 0.25) is 0 Å². The van der Waals surface area contributed by atoms with E-state index in [-0.39, 0.29) is 24.8 Å². The van der Waals surface area contributed by atoms with Crippen LogP contribution in [0.3, 0.4) is 0 Å². The Labute approximate surface area is 95.2 Å². The molecule has 0 amide bonds. The van der Waals surface area contributed by atoms with Crippen molar-refractivity contribution in [2.24, 2.45) is 11.5 Å². The molecule has 2 unspecified atom stereocenters. The van der Waals surface area contributed by atoms with Gasteiger partial charge in [-0.2, -0.15) is 0 Å². The molecule has 0 aliphatic carbocycles. The monoisotopic (exact) mass is 252 g/mol. The van der Waals surface area contributed by atoms with E-state index < -0.39 is 0 Å². The predicted molar refractivity (Wildman–Crippen MR) is 66.7 cm³/mol. The van der Waals surface area contributed by atoms with Crippen molar-refractivity contribution in [2.45, 2.75) is 25.9 Å². The summed E-state index contributed by atoms with van der Waals surface area (Å²) in [6.45, 7) is 4.03. The highest BCUT2D eigenvalue weighted by atomic mass is 35.5. The smallest absolute Gasteiger partial charge is 0.0186 e. The summed E-state index contributed by atoms with van der Waals surface area (Å²) in [5.41, 5.74) is 11.1. The molecule has 12 heavy (non-hydrogen) atoms. The standard InChI is InChI=1S/C6H16N2S2.2ClH/c1-5(7)3-9-10-4-6(2)8;;/h5-6H,3-4,7-8H2,1-2H3;2*1H. The Morgan fingerprint density at radius 3 is 1.33 bits per heavy atom. The van der Waals surface area contributed by atoms with Crippen LogP contribution in [0.2, 0.25) is 0 Å². The van der Waals surface area contributed by atoms with Gasteiger partial charge >= 0.3 is 0 Å². The van der Waals surface area contributed by atoms with Crippen LogP contribution in [0.4, 0.5) is 0 Å². The van der Waals surface area contributed by atoms with Gasteiger partial charge in [0.25, 0.3) is 0 Å². The fraction of sp³-hybridized carbons (Fsp3) is 1.00. The van der Waals surface area contributed by atoms with Gasteiger partial charge in [0.15, 0.2) is 0 Å². The minimum Gasteiger partial charge on any atom is -0.327 e. The van der Waals surface area contributed by atoms with Gasteiger partial charge in [-0.25, -0.2) is 0 Å². The van der Waals surface area contributed by atoms with E-state index >= 15 is 0 Å². The second-order valence-electron chi connectivity index (χ2n) is 2.52. The molecule has 0 heterocycles. The Morgan fingerprint density at radius 1 is 0.917 bits per heavy atom. The second kappa shape index (κ2) is 12.2. The van der Waals surface area contributed by atoms with Crippen molar-refractivity contribution in [3.05, 3.63) is 0 Å². The molecule has 0 spiro atoms. The molecule has 0 aliphatic heterocycles. The first-order valence-electron chi connectivity index (χ1n) is 3.38. The summed E-state index contributed by atoms with van der Waals surface area (Å²) in [4.78, 5) is 0. The molecule has 0 aliphatic rings. The van der Waals surface area contributed by atoms with Gasteiger partial charge in [-0.3, -0.25) is 0 Å². The highest BCUT2D eigenvalue weighted by Gasteiger charge is 1.96. The van der Waals surface area contributed by atoms with Crippen molar-refractivity contribution in [1.82, 2.24) is 0 Å². The Bertz CT molecular complexity index is 73.9. The van der Waals surface area contributed by atoms with Crippen LogP contribution in [-0.4, -0.2) is 23.6 Å². The topological polar surface area (TPSA) is 52.0 Å². The lowest BCUT2D eigenvalue weighted by Crippen LogP contribution is -2.19. The molecule has 6 heteroatoms. The quantitative estimate of drug-likeness (QED) is 0.580. The summed E-state index contributed by atoms with van der Waals surface area (Å²) < 4.78 is 0. The molecule has 0 aromatic carbocycles. The fourth-order valence-corrected chi connectivity index (χ4v) is 2.80. The molecule has 0 bridgehead atoms. The third kappa shape index (κ3) is 17.3. The summed E-state index contributed by atoms with van der Waals surface area (Å²) in [7, 11) is 3.60. The van der Waals surface area contributed by atoms with Crippen LogP contribution >= 0.6 is 46.4 Å². The zero-order valence-corrected chi connectivity index (χ0v) is 10.6. The van der Waals surface area contributed by atoms with Crippen molar-refractivity contribution in [3.63, 3.8) is 0 Å². The third-order valence-electron chi connectivity index (χ3n) is 0.745. The Hall–Kier alpha value is 1.20. The van der Waals surface area contributed by atoms with E-state index in [1.54, 1.807) is 21.6 Å². The summed E-state index contributed by atoms with van der Waals surface area (Å²) >= 11 is 0. The summed E-state index contributed by atoms with van der Waals surface area (Å²) in [5, 5.41) is 0. The van der Waals surface area contributed by atoms with Gasteiger partial charge in [-0.05, 0) is 13.8 Å². The molecule has 0 fully saturated rings. The molecule has 0 rings (SSSR count). The lowest BCUT2D eigenvalue weighted by Gasteiger charge is -2.05. The van der Waals surface area contributed by atoms with E-state index in [4.69, 9.17) is 11.5 Å². The summed E-state index contributed by atoms with van der Waals surface area (Å²) in [6.07, 6.45) is 0. The first-order valence-corrected chi connectivity index (χ1v) is 5.87. The van der Waals surface area contributed by atoms with Crippen LogP contribution in [0.1, 0.15) is 13.8 Å². The van der Waals surface area contributed by atoms with Gasteiger partial charge in [0.05, 0.1) is 0 Å². The molecular formula is C6H18Cl2N2S2.